The van der Waals surface area contributed by atoms with Crippen LogP contribution in [0.1, 0.15) is 16.1 Å². The molecule has 2 aromatic rings. The first-order valence-corrected chi connectivity index (χ1v) is 6.14. The van der Waals surface area contributed by atoms with Crippen LogP contribution in [-0.2, 0) is 6.18 Å². The minimum Gasteiger partial charge on any atom is -0.343 e. The Morgan fingerprint density at radius 1 is 1.04 bits per heavy atom. The number of hydrogen-bond acceptors (Lipinski definition) is 2. The Labute approximate surface area is 125 Å². The number of rotatable bonds is 3. The van der Waals surface area contributed by atoms with Crippen LogP contribution in [0.2, 0.25) is 0 Å². The summed E-state index contributed by atoms with van der Waals surface area (Å²) in [5.41, 5.74) is -0.904. The van der Waals surface area contributed by atoms with E-state index in [9.17, 15) is 31.1 Å². The number of carbonyl (C=O) groups is 1. The van der Waals surface area contributed by atoms with Crippen LogP contribution in [0, 0.1) is 0 Å². The highest BCUT2D eigenvalue weighted by molar-refractivity contribution is 5.94. The quantitative estimate of drug-likeness (QED) is 0.875. The molecule has 0 radical (unpaired) electrons. The van der Waals surface area contributed by atoms with E-state index in [4.69, 9.17) is 0 Å². The molecule has 1 N–H and O–H groups in total. The van der Waals surface area contributed by atoms with Gasteiger partial charge in [0.05, 0.1) is 5.69 Å². The number of aromatic nitrogens is 2. The average Bonchev–Trinajstić information content (AvgIpc) is 2.94. The Hall–Kier alpha value is -2.52. The Bertz CT molecular complexity index is 687. The van der Waals surface area contributed by atoms with Crippen molar-refractivity contribution in [1.29, 1.82) is 0 Å². The number of halogens is 6. The average molecular weight is 337 g/mol. The first kappa shape index (κ1) is 16.8. The molecule has 0 saturated carbocycles. The summed E-state index contributed by atoms with van der Waals surface area (Å²) < 4.78 is 74.3. The maximum atomic E-state index is 12.4. The van der Waals surface area contributed by atoms with E-state index in [0.717, 1.165) is 16.9 Å². The van der Waals surface area contributed by atoms with Gasteiger partial charge in [-0.2, -0.15) is 31.4 Å². The molecule has 1 aromatic carbocycles. The lowest BCUT2D eigenvalue weighted by Crippen LogP contribution is -2.33. The molecule has 0 unspecified atom stereocenters. The normalized spacial score (nSPS) is 12.3. The fraction of sp³-hybridized carbons (Fsp3) is 0.231. The van der Waals surface area contributed by atoms with Crippen molar-refractivity contribution in [2.45, 2.75) is 12.4 Å². The van der Waals surface area contributed by atoms with E-state index in [2.05, 4.69) is 5.10 Å². The van der Waals surface area contributed by atoms with E-state index in [1.807, 2.05) is 0 Å². The van der Waals surface area contributed by atoms with E-state index >= 15 is 0 Å². The predicted octanol–water partition coefficient (Wildman–Crippen LogP) is 3.18. The maximum Gasteiger partial charge on any atom is 0.435 e. The number of hydrogen-bond donors (Lipinski definition) is 1. The molecule has 4 nitrogen and oxygen atoms in total. The van der Waals surface area contributed by atoms with Gasteiger partial charge in [0.25, 0.3) is 5.91 Å². The highest BCUT2D eigenvalue weighted by atomic mass is 19.4. The fourth-order valence-corrected chi connectivity index (χ4v) is 1.67. The lowest BCUT2D eigenvalue weighted by atomic mass is 10.2. The van der Waals surface area contributed by atoms with Gasteiger partial charge in [0.2, 0.25) is 0 Å². The van der Waals surface area contributed by atoms with Crippen LogP contribution in [-0.4, -0.2) is 28.4 Å². The number of nitrogens with one attached hydrogen (secondary N) is 1. The van der Waals surface area contributed by atoms with E-state index in [1.54, 1.807) is 5.32 Å². The van der Waals surface area contributed by atoms with E-state index < -0.39 is 30.5 Å². The molecule has 124 valence electrons. The van der Waals surface area contributed by atoms with Crippen molar-refractivity contribution >= 4 is 5.91 Å². The van der Waals surface area contributed by atoms with Crippen molar-refractivity contribution in [3.63, 3.8) is 0 Å². The molecule has 0 aliphatic heterocycles. The third-order valence-corrected chi connectivity index (χ3v) is 2.72. The van der Waals surface area contributed by atoms with Crippen LogP contribution >= 0.6 is 0 Å². The molecule has 1 amide bonds. The van der Waals surface area contributed by atoms with Crippen molar-refractivity contribution in [2.24, 2.45) is 0 Å². The van der Waals surface area contributed by atoms with Gasteiger partial charge in [0, 0.05) is 11.8 Å². The second kappa shape index (κ2) is 5.94. The molecule has 10 heteroatoms. The molecule has 2 rings (SSSR count). The van der Waals surface area contributed by atoms with Crippen molar-refractivity contribution in [1.82, 2.24) is 15.1 Å². The summed E-state index contributed by atoms with van der Waals surface area (Å²) in [5.74, 6) is -0.940. The highest BCUT2D eigenvalue weighted by Gasteiger charge is 2.33. The zero-order valence-electron chi connectivity index (χ0n) is 11.2. The molecule has 23 heavy (non-hydrogen) atoms. The topological polar surface area (TPSA) is 46.9 Å². The molecule has 1 heterocycles. The first-order valence-electron chi connectivity index (χ1n) is 6.14. The van der Waals surface area contributed by atoms with E-state index in [0.29, 0.717) is 0 Å². The van der Waals surface area contributed by atoms with Gasteiger partial charge in [-0.05, 0) is 30.3 Å². The first-order chi connectivity index (χ1) is 10.6. The number of alkyl halides is 6. The third kappa shape index (κ3) is 4.47. The number of carbonyl (C=O) groups excluding carboxylic acids is 1. The Morgan fingerprint density at radius 3 is 2.13 bits per heavy atom. The van der Waals surface area contributed by atoms with Crippen molar-refractivity contribution in [3.05, 3.63) is 47.8 Å². The van der Waals surface area contributed by atoms with Gasteiger partial charge in [0.15, 0.2) is 5.69 Å². The van der Waals surface area contributed by atoms with Gasteiger partial charge < -0.3 is 5.32 Å². The zero-order valence-corrected chi connectivity index (χ0v) is 11.2. The molecule has 0 saturated heterocycles. The third-order valence-electron chi connectivity index (χ3n) is 2.72. The summed E-state index contributed by atoms with van der Waals surface area (Å²) in [6.45, 7) is -1.47. The summed E-state index contributed by atoms with van der Waals surface area (Å²) in [5, 5.41) is 5.02. The van der Waals surface area contributed by atoms with Crippen molar-refractivity contribution < 1.29 is 31.1 Å². The second-order valence-corrected chi connectivity index (χ2v) is 4.49. The Morgan fingerprint density at radius 2 is 1.65 bits per heavy atom. The second-order valence-electron chi connectivity index (χ2n) is 4.49. The van der Waals surface area contributed by atoms with Gasteiger partial charge in [0.1, 0.15) is 6.54 Å². The summed E-state index contributed by atoms with van der Waals surface area (Å²) in [7, 11) is 0. The number of nitrogens with zero attached hydrogens (tertiary/aromatic N) is 2. The van der Waals surface area contributed by atoms with Crippen LogP contribution in [0.4, 0.5) is 26.3 Å². The lowest BCUT2D eigenvalue weighted by Gasteiger charge is -2.09. The smallest absolute Gasteiger partial charge is 0.343 e. The molecule has 0 aliphatic rings. The Balaban J connectivity index is 2.10. The Kier molecular flexibility index (Phi) is 4.35. The summed E-state index contributed by atoms with van der Waals surface area (Å²) in [6.07, 6.45) is -8.02. The van der Waals surface area contributed by atoms with Crippen molar-refractivity contribution in [2.75, 3.05) is 6.54 Å². The predicted molar refractivity (Wildman–Crippen MR) is 67.0 cm³/mol. The molecule has 0 bridgehead atoms. The lowest BCUT2D eigenvalue weighted by molar-refractivity contribution is -0.141. The largest absolute Gasteiger partial charge is 0.435 e. The van der Waals surface area contributed by atoms with Gasteiger partial charge >= 0.3 is 12.4 Å². The van der Waals surface area contributed by atoms with Crippen LogP contribution in [0.3, 0.4) is 0 Å². The van der Waals surface area contributed by atoms with E-state index in [-0.39, 0.29) is 11.3 Å². The minimum absolute atomic E-state index is 0.0544. The fourth-order valence-electron chi connectivity index (χ4n) is 1.67. The molecule has 0 fully saturated rings. The molecule has 0 atom stereocenters. The monoisotopic (exact) mass is 337 g/mol. The van der Waals surface area contributed by atoms with Crippen LogP contribution in [0.25, 0.3) is 5.69 Å². The molecule has 0 aliphatic carbocycles. The molecule has 0 spiro atoms. The number of benzene rings is 1. The maximum absolute atomic E-state index is 12.4. The summed E-state index contributed by atoms with van der Waals surface area (Å²) in [4.78, 5) is 11.5. The summed E-state index contributed by atoms with van der Waals surface area (Å²) in [6, 6.07) is 5.71. The summed E-state index contributed by atoms with van der Waals surface area (Å²) >= 11 is 0. The van der Waals surface area contributed by atoms with Crippen LogP contribution < -0.4 is 5.32 Å². The van der Waals surface area contributed by atoms with E-state index in [1.165, 1.54) is 24.3 Å². The highest BCUT2D eigenvalue weighted by Crippen LogP contribution is 2.27. The minimum atomic E-state index is -4.58. The van der Waals surface area contributed by atoms with Gasteiger partial charge in [-0.1, -0.05) is 0 Å². The van der Waals surface area contributed by atoms with Crippen molar-refractivity contribution in [3.8, 4) is 5.69 Å². The van der Waals surface area contributed by atoms with Crippen LogP contribution in [0.5, 0.6) is 0 Å². The standard InChI is InChI=1S/C13H9F6N3O/c14-12(15,16)7-20-11(23)8-1-3-9(4-2-8)22-6-5-10(21-22)13(17,18)19/h1-6H,7H2,(H,20,23). The SMILES string of the molecule is O=C(NCC(F)(F)F)c1ccc(-n2ccc(C(F)(F)F)n2)cc1. The van der Waals surface area contributed by atoms with Crippen LogP contribution in [0.15, 0.2) is 36.5 Å². The van der Waals surface area contributed by atoms with Gasteiger partial charge in [-0.3, -0.25) is 4.79 Å². The molecule has 1 aromatic heterocycles. The molecular weight excluding hydrogens is 328 g/mol. The van der Waals surface area contributed by atoms with Gasteiger partial charge in [-0.15, -0.1) is 0 Å². The zero-order chi connectivity index (χ0) is 17.3. The molecular formula is C13H9F6N3O. The van der Waals surface area contributed by atoms with Gasteiger partial charge in [-0.25, -0.2) is 4.68 Å². The number of amides is 1.